The van der Waals surface area contributed by atoms with Crippen LogP contribution in [0.15, 0.2) is 91.0 Å². The maximum atomic E-state index is 12.0. The second-order valence-electron chi connectivity index (χ2n) is 5.17. The van der Waals surface area contributed by atoms with Crippen LogP contribution in [0.2, 0.25) is 0 Å². The molecule has 0 N–H and O–H groups in total. The number of hydrogen-bond donors (Lipinski definition) is 0. The summed E-state index contributed by atoms with van der Waals surface area (Å²) in [4.78, 5) is 12.0. The fraction of sp³-hybridized carbons (Fsp3) is 0.0500. The van der Waals surface area contributed by atoms with Crippen molar-refractivity contribution in [2.45, 2.75) is 5.66 Å². The van der Waals surface area contributed by atoms with Crippen molar-refractivity contribution in [2.75, 3.05) is 0 Å². The van der Waals surface area contributed by atoms with Gasteiger partial charge in [-0.05, 0) is 24.1 Å². The summed E-state index contributed by atoms with van der Waals surface area (Å²) >= 11 is 0. The van der Waals surface area contributed by atoms with Crippen LogP contribution in [0.1, 0.15) is 11.2 Å². The smallest absolute Gasteiger partial charge is 0.549 e. The van der Waals surface area contributed by atoms with Crippen molar-refractivity contribution in [2.24, 2.45) is 0 Å². The van der Waals surface area contributed by atoms with Crippen LogP contribution in [-0.4, -0.2) is 5.97 Å². The van der Waals surface area contributed by atoms with E-state index < -0.39 is 19.5 Å². The molecule has 0 aliphatic rings. The molecule has 2 nitrogen and oxygen atoms in total. The summed E-state index contributed by atoms with van der Waals surface area (Å²) in [6, 6.07) is 29.0. The van der Waals surface area contributed by atoms with E-state index in [1.165, 1.54) is 0 Å². The molecule has 24 heavy (non-hydrogen) atoms. The zero-order valence-corrected chi connectivity index (χ0v) is 16.4. The number of carboxylic acids is 1. The largest absolute Gasteiger partial charge is 1.00 e. The Bertz CT molecular complexity index is 724. The second-order valence-corrected chi connectivity index (χ2v) is 7.46. The van der Waals surface area contributed by atoms with Gasteiger partial charge in [0.1, 0.15) is 0 Å². The molecule has 0 saturated carbocycles. The first kappa shape index (κ1) is 18.9. The normalized spacial score (nSPS) is 11.5. The quantitative estimate of drug-likeness (QED) is 0.468. The van der Waals surface area contributed by atoms with Gasteiger partial charge < -0.3 is 9.90 Å². The van der Waals surface area contributed by atoms with E-state index in [1.807, 2.05) is 91.0 Å². The maximum absolute atomic E-state index is 12.0. The maximum Gasteiger partial charge on any atom is 1.00 e. The molecule has 0 spiro atoms. The topological polar surface area (TPSA) is 40.1 Å². The van der Waals surface area contributed by atoms with Gasteiger partial charge >= 0.3 is 29.6 Å². The molecule has 1 atom stereocenters. The first-order valence-corrected chi connectivity index (χ1v) is 8.83. The first-order valence-electron chi connectivity index (χ1n) is 7.42. The minimum Gasteiger partial charge on any atom is -0.549 e. The number of hydrogen-bond acceptors (Lipinski definition) is 2. The Balaban J connectivity index is 0.00000208. The average molecular weight is 342 g/mol. The fourth-order valence-electron chi connectivity index (χ4n) is 2.65. The van der Waals surface area contributed by atoms with E-state index in [9.17, 15) is 9.90 Å². The van der Waals surface area contributed by atoms with Gasteiger partial charge in [-0.25, -0.2) is 0 Å². The van der Waals surface area contributed by atoms with Gasteiger partial charge in [0.05, 0.1) is 11.6 Å². The SMILES string of the molecule is O=C([O-])C(c1ccccc1)P(c1ccccc1)c1ccccc1.[Na+]. The third-order valence-electron chi connectivity index (χ3n) is 3.67. The van der Waals surface area contributed by atoms with Crippen LogP contribution in [0.4, 0.5) is 0 Å². The van der Waals surface area contributed by atoms with Crippen molar-refractivity contribution >= 4 is 24.5 Å². The molecule has 4 heteroatoms. The van der Waals surface area contributed by atoms with Crippen LogP contribution in [0.3, 0.4) is 0 Å². The Kier molecular flexibility index (Phi) is 7.20. The number of rotatable bonds is 5. The van der Waals surface area contributed by atoms with Gasteiger partial charge in [-0.15, -0.1) is 0 Å². The number of carbonyl (C=O) groups excluding carboxylic acids is 1. The van der Waals surface area contributed by atoms with Crippen LogP contribution in [0, 0.1) is 0 Å². The molecule has 3 aromatic rings. The molecule has 0 heterocycles. The van der Waals surface area contributed by atoms with Gasteiger partial charge in [-0.2, -0.15) is 0 Å². The zero-order valence-electron chi connectivity index (χ0n) is 13.5. The van der Waals surface area contributed by atoms with Crippen molar-refractivity contribution < 1.29 is 39.5 Å². The van der Waals surface area contributed by atoms with Gasteiger partial charge in [0.15, 0.2) is 0 Å². The van der Waals surface area contributed by atoms with Gasteiger partial charge in [0.25, 0.3) is 0 Å². The third kappa shape index (κ3) is 4.34. The Hall–Kier alpha value is -1.44. The summed E-state index contributed by atoms with van der Waals surface area (Å²) in [5.41, 5.74) is 0.113. The summed E-state index contributed by atoms with van der Waals surface area (Å²) in [6.45, 7) is 0. The standard InChI is InChI=1S/C20H17O2P.Na/c21-20(22)19(16-10-4-1-5-11-16)23(17-12-6-2-7-13-17)18-14-8-3-9-15-18;/h1-15,19H,(H,21,22);/q;+1/p-1. The molecule has 0 bridgehead atoms. The number of benzene rings is 3. The molecule has 1 unspecified atom stereocenters. The molecular formula is C20H16NaO2P. The van der Waals surface area contributed by atoms with E-state index in [-0.39, 0.29) is 29.6 Å². The van der Waals surface area contributed by atoms with Crippen molar-refractivity contribution in [1.82, 2.24) is 0 Å². The van der Waals surface area contributed by atoms with E-state index in [1.54, 1.807) is 0 Å². The molecule has 3 rings (SSSR count). The number of carboxylic acid groups (broad SMARTS) is 1. The molecule has 0 fully saturated rings. The Morgan fingerprint density at radius 3 is 1.46 bits per heavy atom. The predicted molar refractivity (Wildman–Crippen MR) is 93.3 cm³/mol. The second kappa shape index (κ2) is 9.15. The van der Waals surface area contributed by atoms with Gasteiger partial charge in [-0.3, -0.25) is 0 Å². The van der Waals surface area contributed by atoms with Crippen molar-refractivity contribution in [3.05, 3.63) is 96.6 Å². The number of carbonyl (C=O) groups is 1. The molecule has 0 amide bonds. The molecular weight excluding hydrogens is 326 g/mol. The van der Waals surface area contributed by atoms with Crippen LogP contribution in [0.25, 0.3) is 0 Å². The van der Waals surface area contributed by atoms with Gasteiger partial charge in [0, 0.05) is 0 Å². The number of aliphatic carboxylic acids is 1. The van der Waals surface area contributed by atoms with Crippen molar-refractivity contribution in [3.63, 3.8) is 0 Å². The van der Waals surface area contributed by atoms with Crippen LogP contribution >= 0.6 is 7.92 Å². The van der Waals surface area contributed by atoms with E-state index in [0.717, 1.165) is 16.2 Å². The van der Waals surface area contributed by atoms with Crippen molar-refractivity contribution in [3.8, 4) is 0 Å². The first-order chi connectivity index (χ1) is 11.3. The molecule has 114 valence electrons. The van der Waals surface area contributed by atoms with Gasteiger partial charge in [-0.1, -0.05) is 91.0 Å². The molecule has 0 aliphatic heterocycles. The zero-order chi connectivity index (χ0) is 16.1. The third-order valence-corrected chi connectivity index (χ3v) is 6.40. The predicted octanol–water partition coefficient (Wildman–Crippen LogP) is -0.385. The van der Waals surface area contributed by atoms with Crippen LogP contribution < -0.4 is 45.3 Å². The molecule has 3 aromatic carbocycles. The summed E-state index contributed by atoms with van der Waals surface area (Å²) in [7, 11) is -1.09. The van der Waals surface area contributed by atoms with Gasteiger partial charge in [0.2, 0.25) is 0 Å². The summed E-state index contributed by atoms with van der Waals surface area (Å²) in [5.74, 6) is -1.03. The summed E-state index contributed by atoms with van der Waals surface area (Å²) < 4.78 is 0. The molecule has 0 aliphatic carbocycles. The minimum atomic E-state index is -1.09. The molecule has 0 radical (unpaired) electrons. The summed E-state index contributed by atoms with van der Waals surface area (Å²) in [6.07, 6.45) is 0. The fourth-order valence-corrected chi connectivity index (χ4v) is 5.21. The Morgan fingerprint density at radius 2 is 1.08 bits per heavy atom. The van der Waals surface area contributed by atoms with Crippen LogP contribution in [0.5, 0.6) is 0 Å². The molecule has 0 aromatic heterocycles. The molecule has 0 saturated heterocycles. The van der Waals surface area contributed by atoms with Crippen LogP contribution in [-0.2, 0) is 4.79 Å². The van der Waals surface area contributed by atoms with E-state index in [4.69, 9.17) is 0 Å². The van der Waals surface area contributed by atoms with E-state index >= 15 is 0 Å². The Labute approximate surface area is 165 Å². The summed E-state index contributed by atoms with van der Waals surface area (Å²) in [5, 5.41) is 14.1. The Morgan fingerprint density at radius 1 is 0.708 bits per heavy atom. The van der Waals surface area contributed by atoms with E-state index in [2.05, 4.69) is 0 Å². The average Bonchev–Trinajstić information content (AvgIpc) is 2.61. The van der Waals surface area contributed by atoms with E-state index in [0.29, 0.717) is 0 Å². The van der Waals surface area contributed by atoms with Crippen molar-refractivity contribution in [1.29, 1.82) is 0 Å². The monoisotopic (exact) mass is 342 g/mol. The minimum absolute atomic E-state index is 0.